The van der Waals surface area contributed by atoms with Crippen LogP contribution in [-0.2, 0) is 4.74 Å². The van der Waals surface area contributed by atoms with Crippen molar-refractivity contribution in [3.05, 3.63) is 24.0 Å². The number of hydrogen-bond acceptors (Lipinski definition) is 5. The molecular weight excluding hydrogens is 242 g/mol. The van der Waals surface area contributed by atoms with Gasteiger partial charge in [-0.25, -0.2) is 9.78 Å². The van der Waals surface area contributed by atoms with Gasteiger partial charge in [-0.3, -0.25) is 0 Å². The number of likely N-dealkylation sites (N-methyl/N-ethyl adjacent to an activating group) is 1. The van der Waals surface area contributed by atoms with Crippen molar-refractivity contribution in [2.24, 2.45) is 0 Å². The lowest BCUT2D eigenvalue weighted by Gasteiger charge is -2.23. The first-order valence-corrected chi connectivity index (χ1v) is 6.57. The van der Waals surface area contributed by atoms with Gasteiger partial charge < -0.3 is 15.0 Å². The van der Waals surface area contributed by atoms with Gasteiger partial charge in [0.15, 0.2) is 0 Å². The summed E-state index contributed by atoms with van der Waals surface area (Å²) in [6.45, 7) is 6.16. The van der Waals surface area contributed by atoms with Crippen molar-refractivity contribution < 1.29 is 9.53 Å². The Bertz CT molecular complexity index is 409. The molecule has 19 heavy (non-hydrogen) atoms. The number of anilines is 1. The molecule has 0 amide bonds. The van der Waals surface area contributed by atoms with E-state index in [-0.39, 0.29) is 0 Å². The van der Waals surface area contributed by atoms with Gasteiger partial charge in [-0.05, 0) is 32.5 Å². The number of carbonyl (C=O) groups excluding carboxylic acids is 1. The number of methoxy groups -OCH3 is 1. The van der Waals surface area contributed by atoms with E-state index in [4.69, 9.17) is 0 Å². The van der Waals surface area contributed by atoms with Crippen LogP contribution in [0.2, 0.25) is 0 Å². The predicted molar refractivity (Wildman–Crippen MR) is 76.4 cm³/mol. The molecule has 1 N–H and O–H groups in total. The third kappa shape index (κ3) is 4.87. The lowest BCUT2D eigenvalue weighted by molar-refractivity contribution is 0.0594. The van der Waals surface area contributed by atoms with Gasteiger partial charge in [-0.15, -0.1) is 0 Å². The molecule has 1 aromatic rings. The van der Waals surface area contributed by atoms with E-state index in [2.05, 4.69) is 40.8 Å². The van der Waals surface area contributed by atoms with Crippen molar-refractivity contribution in [3.8, 4) is 0 Å². The van der Waals surface area contributed by atoms with Crippen molar-refractivity contribution in [1.82, 2.24) is 9.88 Å². The molecule has 0 aliphatic carbocycles. The molecule has 106 valence electrons. The van der Waals surface area contributed by atoms with Gasteiger partial charge in [0.2, 0.25) is 0 Å². The number of aromatic nitrogens is 1. The minimum Gasteiger partial charge on any atom is -0.464 e. The molecule has 0 radical (unpaired) electrons. The Morgan fingerprint density at radius 1 is 1.58 bits per heavy atom. The molecular formula is C14H23N3O2. The molecule has 0 spiro atoms. The van der Waals surface area contributed by atoms with Crippen molar-refractivity contribution in [2.75, 3.05) is 32.6 Å². The fraction of sp³-hybridized carbons (Fsp3) is 0.571. The van der Waals surface area contributed by atoms with Gasteiger partial charge >= 0.3 is 5.97 Å². The maximum atomic E-state index is 11.4. The number of ether oxygens (including phenoxy) is 1. The summed E-state index contributed by atoms with van der Waals surface area (Å²) in [6.07, 6.45) is 2.74. The van der Waals surface area contributed by atoms with E-state index < -0.39 is 5.97 Å². The van der Waals surface area contributed by atoms with Crippen LogP contribution < -0.4 is 5.32 Å². The Morgan fingerprint density at radius 3 is 2.95 bits per heavy atom. The van der Waals surface area contributed by atoms with Crippen molar-refractivity contribution in [1.29, 1.82) is 0 Å². The van der Waals surface area contributed by atoms with Crippen LogP contribution in [-0.4, -0.2) is 49.1 Å². The smallest absolute Gasteiger partial charge is 0.356 e. The van der Waals surface area contributed by atoms with Gasteiger partial charge in [-0.2, -0.15) is 0 Å². The Morgan fingerprint density at radius 2 is 2.32 bits per heavy atom. The normalized spacial score (nSPS) is 12.3. The number of pyridine rings is 1. The second-order valence-corrected chi connectivity index (χ2v) is 4.59. The van der Waals surface area contributed by atoms with E-state index >= 15 is 0 Å². The second kappa shape index (κ2) is 7.74. The molecule has 0 bridgehead atoms. The zero-order valence-corrected chi connectivity index (χ0v) is 12.1. The number of nitrogens with one attached hydrogen (secondary N) is 1. The zero-order valence-electron chi connectivity index (χ0n) is 12.1. The van der Waals surface area contributed by atoms with Crippen LogP contribution >= 0.6 is 0 Å². The topological polar surface area (TPSA) is 54.5 Å². The van der Waals surface area contributed by atoms with E-state index in [1.165, 1.54) is 7.11 Å². The molecule has 1 aromatic heterocycles. The molecule has 1 unspecified atom stereocenters. The predicted octanol–water partition coefficient (Wildman–Crippen LogP) is 2.01. The lowest BCUT2D eigenvalue weighted by atomic mass is 10.2. The van der Waals surface area contributed by atoms with E-state index in [0.29, 0.717) is 11.7 Å². The first-order valence-electron chi connectivity index (χ1n) is 6.57. The second-order valence-electron chi connectivity index (χ2n) is 4.59. The van der Waals surface area contributed by atoms with Crippen LogP contribution in [0.4, 0.5) is 5.69 Å². The highest BCUT2D eigenvalue weighted by molar-refractivity contribution is 5.88. The molecule has 0 aliphatic heterocycles. The van der Waals surface area contributed by atoms with Gasteiger partial charge in [-0.1, -0.05) is 6.92 Å². The van der Waals surface area contributed by atoms with Crippen LogP contribution in [0.3, 0.4) is 0 Å². The third-order valence-electron chi connectivity index (χ3n) is 3.29. The molecule has 0 saturated heterocycles. The fourth-order valence-electron chi connectivity index (χ4n) is 1.67. The average molecular weight is 265 g/mol. The van der Waals surface area contributed by atoms with Gasteiger partial charge in [0, 0.05) is 31.0 Å². The summed E-state index contributed by atoms with van der Waals surface area (Å²) in [5.41, 5.74) is 1.20. The summed E-state index contributed by atoms with van der Waals surface area (Å²) in [7, 11) is 3.47. The monoisotopic (exact) mass is 265 g/mol. The van der Waals surface area contributed by atoms with Crippen LogP contribution in [0, 0.1) is 0 Å². The molecule has 0 saturated carbocycles. The summed E-state index contributed by atoms with van der Waals surface area (Å²) in [4.78, 5) is 17.6. The first kappa shape index (κ1) is 15.4. The summed E-state index contributed by atoms with van der Waals surface area (Å²) in [6, 6.07) is 4.12. The Labute approximate surface area is 115 Å². The van der Waals surface area contributed by atoms with Crippen LogP contribution in [0.5, 0.6) is 0 Å². The standard InChI is InChI=1S/C14H23N3O2/c1-5-11(2)17(3)9-8-15-12-6-7-16-13(10-12)14(18)19-4/h6-7,10-11H,5,8-9H2,1-4H3,(H,15,16). The van der Waals surface area contributed by atoms with Crippen LogP contribution in [0.15, 0.2) is 18.3 Å². The molecule has 1 heterocycles. The Balaban J connectivity index is 2.47. The van der Waals surface area contributed by atoms with E-state index in [0.717, 1.165) is 25.2 Å². The maximum Gasteiger partial charge on any atom is 0.356 e. The maximum absolute atomic E-state index is 11.4. The quantitative estimate of drug-likeness (QED) is 0.764. The zero-order chi connectivity index (χ0) is 14.3. The largest absolute Gasteiger partial charge is 0.464 e. The van der Waals surface area contributed by atoms with Crippen molar-refractivity contribution in [3.63, 3.8) is 0 Å². The molecule has 0 fully saturated rings. The van der Waals surface area contributed by atoms with Gasteiger partial charge in [0.25, 0.3) is 0 Å². The van der Waals surface area contributed by atoms with Gasteiger partial charge in [0.1, 0.15) is 5.69 Å². The SMILES string of the molecule is CCC(C)N(C)CCNc1ccnc(C(=O)OC)c1. The summed E-state index contributed by atoms with van der Waals surface area (Å²) >= 11 is 0. The summed E-state index contributed by atoms with van der Waals surface area (Å²) < 4.78 is 4.64. The number of carbonyl (C=O) groups is 1. The number of hydrogen-bond donors (Lipinski definition) is 1. The summed E-state index contributed by atoms with van der Waals surface area (Å²) in [5.74, 6) is -0.416. The van der Waals surface area contributed by atoms with Crippen LogP contribution in [0.25, 0.3) is 0 Å². The minimum atomic E-state index is -0.416. The molecule has 1 rings (SSSR count). The number of esters is 1. The number of nitrogens with zero attached hydrogens (tertiary/aromatic N) is 2. The molecule has 0 aliphatic rings. The van der Waals surface area contributed by atoms with Crippen molar-refractivity contribution >= 4 is 11.7 Å². The molecule has 5 nitrogen and oxygen atoms in total. The summed E-state index contributed by atoms with van der Waals surface area (Å²) in [5, 5.41) is 3.28. The Kier molecular flexibility index (Phi) is 6.29. The van der Waals surface area contributed by atoms with E-state index in [1.807, 2.05) is 6.07 Å². The molecule has 0 aromatic carbocycles. The highest BCUT2D eigenvalue weighted by atomic mass is 16.5. The average Bonchev–Trinajstić information content (AvgIpc) is 2.45. The van der Waals surface area contributed by atoms with E-state index in [1.54, 1.807) is 12.3 Å². The molecule has 5 heteroatoms. The minimum absolute atomic E-state index is 0.322. The third-order valence-corrected chi connectivity index (χ3v) is 3.29. The van der Waals surface area contributed by atoms with Gasteiger partial charge in [0.05, 0.1) is 7.11 Å². The fourth-order valence-corrected chi connectivity index (χ4v) is 1.67. The number of rotatable bonds is 7. The van der Waals surface area contributed by atoms with Crippen molar-refractivity contribution in [2.45, 2.75) is 26.3 Å². The van der Waals surface area contributed by atoms with E-state index in [9.17, 15) is 4.79 Å². The molecule has 1 atom stereocenters. The highest BCUT2D eigenvalue weighted by Crippen LogP contribution is 2.08. The first-order chi connectivity index (χ1) is 9.08. The highest BCUT2D eigenvalue weighted by Gasteiger charge is 2.08. The lowest BCUT2D eigenvalue weighted by Crippen LogP contribution is -2.32. The van der Waals surface area contributed by atoms with Crippen LogP contribution in [0.1, 0.15) is 30.8 Å². The Hall–Kier alpha value is -1.62.